The molecule has 0 saturated carbocycles. The van der Waals surface area contributed by atoms with E-state index in [0.29, 0.717) is 0 Å². The second kappa shape index (κ2) is 7.90. The minimum atomic E-state index is -0.639. The molecule has 0 aromatic rings. The van der Waals surface area contributed by atoms with E-state index in [1.807, 2.05) is 0 Å². The first-order valence-electron chi connectivity index (χ1n) is 2.56. The molecule has 0 amide bonds. The van der Waals surface area contributed by atoms with Gasteiger partial charge >= 0.3 is 11.9 Å². The van der Waals surface area contributed by atoms with Crippen molar-refractivity contribution in [3.63, 3.8) is 0 Å². The van der Waals surface area contributed by atoms with Crippen LogP contribution in [-0.4, -0.2) is 19.0 Å². The summed E-state index contributed by atoms with van der Waals surface area (Å²) in [7, 11) is 1.50. The number of nitrogens with two attached hydrogens (primary N) is 1. The van der Waals surface area contributed by atoms with E-state index in [9.17, 15) is 9.59 Å². The van der Waals surface area contributed by atoms with E-state index >= 15 is 0 Å². The SMILES string of the molecule is CC(=O)OOC(C)=O.CN. The lowest BCUT2D eigenvalue weighted by atomic mass is 10.8. The Morgan fingerprint density at radius 2 is 1.20 bits per heavy atom. The van der Waals surface area contributed by atoms with Crippen LogP contribution in [0.5, 0.6) is 0 Å². The van der Waals surface area contributed by atoms with Crippen LogP contribution >= 0.6 is 0 Å². The third kappa shape index (κ3) is 15.8. The van der Waals surface area contributed by atoms with Gasteiger partial charge in [-0.1, -0.05) is 0 Å². The molecule has 0 aromatic heterocycles. The Balaban J connectivity index is 0. The van der Waals surface area contributed by atoms with Gasteiger partial charge in [0, 0.05) is 13.8 Å². The molecule has 5 heteroatoms. The molecule has 0 aromatic carbocycles. The zero-order chi connectivity index (χ0) is 8.57. The summed E-state index contributed by atoms with van der Waals surface area (Å²) in [5.74, 6) is -1.28. The Hall–Kier alpha value is -1.10. The maximum atomic E-state index is 9.85. The Morgan fingerprint density at radius 3 is 1.30 bits per heavy atom. The second-order valence-corrected chi connectivity index (χ2v) is 1.15. The van der Waals surface area contributed by atoms with Crippen LogP contribution < -0.4 is 5.73 Å². The van der Waals surface area contributed by atoms with Crippen LogP contribution in [0.2, 0.25) is 0 Å². The van der Waals surface area contributed by atoms with Crippen molar-refractivity contribution < 1.29 is 19.4 Å². The second-order valence-electron chi connectivity index (χ2n) is 1.15. The number of carbonyl (C=O) groups is 2. The van der Waals surface area contributed by atoms with Crippen molar-refractivity contribution >= 4 is 11.9 Å². The molecule has 0 spiro atoms. The van der Waals surface area contributed by atoms with E-state index < -0.39 is 11.9 Å². The van der Waals surface area contributed by atoms with Crippen molar-refractivity contribution in [1.82, 2.24) is 0 Å². The highest BCUT2D eigenvalue weighted by molar-refractivity contribution is 5.69. The van der Waals surface area contributed by atoms with Crippen LogP contribution in [0.25, 0.3) is 0 Å². The average molecular weight is 149 g/mol. The molecule has 0 bridgehead atoms. The first-order valence-corrected chi connectivity index (χ1v) is 2.56. The van der Waals surface area contributed by atoms with Crippen LogP contribution in [0.15, 0.2) is 0 Å². The van der Waals surface area contributed by atoms with Gasteiger partial charge in [0.1, 0.15) is 0 Å². The summed E-state index contributed by atoms with van der Waals surface area (Å²) in [5.41, 5.74) is 4.50. The predicted octanol–water partition coefficient (Wildman–Crippen LogP) is -0.397. The lowest BCUT2D eigenvalue weighted by Gasteiger charge is -1.93. The van der Waals surface area contributed by atoms with Gasteiger partial charge in [0.15, 0.2) is 0 Å². The third-order valence-corrected chi connectivity index (χ3v) is 0.276. The molecule has 0 saturated heterocycles. The molecule has 0 aliphatic heterocycles. The molecule has 10 heavy (non-hydrogen) atoms. The van der Waals surface area contributed by atoms with E-state index in [2.05, 4.69) is 15.5 Å². The molecule has 0 unspecified atom stereocenters. The highest BCUT2D eigenvalue weighted by Gasteiger charge is 1.95. The molecule has 5 nitrogen and oxygen atoms in total. The predicted molar refractivity (Wildman–Crippen MR) is 33.6 cm³/mol. The largest absolute Gasteiger partial charge is 0.352 e. The summed E-state index contributed by atoms with van der Waals surface area (Å²) in [6.45, 7) is 2.28. The molecule has 2 N–H and O–H groups in total. The van der Waals surface area contributed by atoms with Gasteiger partial charge in [0.2, 0.25) is 0 Å². The normalized spacial score (nSPS) is 6.80. The molecular formula is C5H11NO4. The topological polar surface area (TPSA) is 78.6 Å². The first kappa shape index (κ1) is 11.7. The number of hydrogen-bond acceptors (Lipinski definition) is 5. The summed E-state index contributed by atoms with van der Waals surface area (Å²) in [6, 6.07) is 0. The van der Waals surface area contributed by atoms with E-state index in [1.54, 1.807) is 0 Å². The average Bonchev–Trinajstić information content (AvgIpc) is 1.89. The van der Waals surface area contributed by atoms with Crippen molar-refractivity contribution in [1.29, 1.82) is 0 Å². The van der Waals surface area contributed by atoms with Crippen molar-refractivity contribution in [2.24, 2.45) is 5.73 Å². The standard InChI is InChI=1S/C4H6O4.CH5N/c1-3(5)7-8-4(2)6;1-2/h1-2H3;2H2,1H3. The van der Waals surface area contributed by atoms with Gasteiger partial charge in [-0.2, -0.15) is 0 Å². The summed E-state index contributed by atoms with van der Waals surface area (Å²) < 4.78 is 0. The fourth-order valence-electron chi connectivity index (χ4n) is 0.117. The van der Waals surface area contributed by atoms with Gasteiger partial charge in [-0.05, 0) is 7.05 Å². The highest BCUT2D eigenvalue weighted by atomic mass is 17.2. The van der Waals surface area contributed by atoms with Gasteiger partial charge in [-0.25, -0.2) is 19.4 Å². The van der Waals surface area contributed by atoms with Crippen molar-refractivity contribution in [2.75, 3.05) is 7.05 Å². The Labute approximate surface area is 59.0 Å². The van der Waals surface area contributed by atoms with Crippen LogP contribution in [-0.2, 0) is 19.4 Å². The highest BCUT2D eigenvalue weighted by Crippen LogP contribution is 1.78. The van der Waals surface area contributed by atoms with Crippen LogP contribution in [0.4, 0.5) is 0 Å². The van der Waals surface area contributed by atoms with Gasteiger partial charge < -0.3 is 5.73 Å². The zero-order valence-corrected chi connectivity index (χ0v) is 6.21. The third-order valence-electron chi connectivity index (χ3n) is 0.276. The molecule has 0 atom stereocenters. The maximum Gasteiger partial charge on any atom is 0.352 e. The maximum absolute atomic E-state index is 9.85. The quantitative estimate of drug-likeness (QED) is 0.374. The van der Waals surface area contributed by atoms with Crippen molar-refractivity contribution in [3.05, 3.63) is 0 Å². The monoisotopic (exact) mass is 149 g/mol. The van der Waals surface area contributed by atoms with Gasteiger partial charge in [-0.3, -0.25) is 0 Å². The van der Waals surface area contributed by atoms with E-state index in [1.165, 1.54) is 7.05 Å². The molecular weight excluding hydrogens is 138 g/mol. The van der Waals surface area contributed by atoms with Crippen LogP contribution in [0.3, 0.4) is 0 Å². The van der Waals surface area contributed by atoms with E-state index in [4.69, 9.17) is 0 Å². The van der Waals surface area contributed by atoms with E-state index in [-0.39, 0.29) is 0 Å². The minimum absolute atomic E-state index is 0.639. The lowest BCUT2D eigenvalue weighted by Crippen LogP contribution is -2.03. The molecule has 0 radical (unpaired) electrons. The summed E-state index contributed by atoms with van der Waals surface area (Å²) in [6.07, 6.45) is 0. The van der Waals surface area contributed by atoms with E-state index in [0.717, 1.165) is 13.8 Å². The smallest absolute Gasteiger partial charge is 0.333 e. The fraction of sp³-hybridized carbons (Fsp3) is 0.600. The number of carbonyl (C=O) groups excluding carboxylic acids is 2. The van der Waals surface area contributed by atoms with Crippen LogP contribution in [0, 0.1) is 0 Å². The van der Waals surface area contributed by atoms with Crippen molar-refractivity contribution in [2.45, 2.75) is 13.8 Å². The van der Waals surface area contributed by atoms with Crippen LogP contribution in [0.1, 0.15) is 13.8 Å². The lowest BCUT2D eigenvalue weighted by molar-refractivity contribution is -0.255. The Kier molecular flexibility index (Phi) is 9.22. The number of hydrogen-bond donors (Lipinski definition) is 1. The molecule has 0 rings (SSSR count). The van der Waals surface area contributed by atoms with Crippen molar-refractivity contribution in [3.8, 4) is 0 Å². The fourth-order valence-corrected chi connectivity index (χ4v) is 0.117. The summed E-state index contributed by atoms with van der Waals surface area (Å²) >= 11 is 0. The summed E-state index contributed by atoms with van der Waals surface area (Å²) in [5, 5.41) is 0. The molecule has 0 heterocycles. The molecule has 60 valence electrons. The Morgan fingerprint density at radius 1 is 1.00 bits per heavy atom. The molecule has 0 aliphatic rings. The number of rotatable bonds is 0. The van der Waals surface area contributed by atoms with Gasteiger partial charge in [-0.15, -0.1) is 0 Å². The molecule has 0 fully saturated rings. The zero-order valence-electron chi connectivity index (χ0n) is 6.21. The van der Waals surface area contributed by atoms with Gasteiger partial charge in [0.05, 0.1) is 0 Å². The Bertz CT molecular complexity index is 98.2. The minimum Gasteiger partial charge on any atom is -0.333 e. The summed E-state index contributed by atoms with van der Waals surface area (Å²) in [4.78, 5) is 27.3. The first-order chi connectivity index (χ1) is 4.63. The van der Waals surface area contributed by atoms with Gasteiger partial charge in [0.25, 0.3) is 0 Å². The molecule has 0 aliphatic carbocycles.